The minimum Gasteiger partial charge on any atom is -0.308 e. The van der Waals surface area contributed by atoms with Gasteiger partial charge in [-0.15, -0.1) is 0 Å². The smallest absolute Gasteiger partial charge is 0.308 e. The first-order chi connectivity index (χ1) is 12.8. The van der Waals surface area contributed by atoms with Crippen molar-refractivity contribution < 1.29 is 9.18 Å². The molecule has 2 aromatic carbocycles. The number of hydrogen-bond acceptors (Lipinski definition) is 2. The summed E-state index contributed by atoms with van der Waals surface area (Å²) in [7, 11) is 0. The van der Waals surface area contributed by atoms with Gasteiger partial charge in [-0.25, -0.2) is 9.18 Å². The fourth-order valence-corrected chi connectivity index (χ4v) is 3.07. The van der Waals surface area contributed by atoms with Crippen LogP contribution < -0.4 is 10.6 Å². The van der Waals surface area contributed by atoms with Gasteiger partial charge in [-0.3, -0.25) is 4.68 Å². The molecular weight excluding hydrogens is 367 g/mol. The zero-order valence-electron chi connectivity index (χ0n) is 15.3. The molecule has 0 aliphatic rings. The predicted octanol–water partition coefficient (Wildman–Crippen LogP) is 5.29. The van der Waals surface area contributed by atoms with Gasteiger partial charge in [-0.05, 0) is 56.2 Å². The minimum atomic E-state index is -0.382. The summed E-state index contributed by atoms with van der Waals surface area (Å²) in [4.78, 5) is 12.3. The van der Waals surface area contributed by atoms with E-state index in [0.717, 1.165) is 16.8 Å². The Bertz CT molecular complexity index is 1000. The molecule has 0 aliphatic heterocycles. The normalized spacial score (nSPS) is 10.7. The van der Waals surface area contributed by atoms with E-state index in [2.05, 4.69) is 15.7 Å². The van der Waals surface area contributed by atoms with Crippen molar-refractivity contribution in [3.05, 3.63) is 75.8 Å². The molecule has 0 fully saturated rings. The molecule has 7 heteroatoms. The third-order valence-electron chi connectivity index (χ3n) is 4.23. The Morgan fingerprint density at radius 2 is 1.93 bits per heavy atom. The monoisotopic (exact) mass is 386 g/mol. The number of anilines is 2. The lowest BCUT2D eigenvalue weighted by atomic mass is 10.2. The molecule has 0 spiro atoms. The summed E-state index contributed by atoms with van der Waals surface area (Å²) in [6, 6.07) is 11.5. The number of nitrogens with zero attached hydrogens (tertiary/aromatic N) is 2. The number of rotatable bonds is 4. The van der Waals surface area contributed by atoms with E-state index >= 15 is 0 Å². The highest BCUT2D eigenvalue weighted by Gasteiger charge is 2.15. The lowest BCUT2D eigenvalue weighted by Crippen LogP contribution is -2.20. The molecule has 27 heavy (non-hydrogen) atoms. The van der Waals surface area contributed by atoms with Crippen molar-refractivity contribution in [2.24, 2.45) is 0 Å². The quantitative estimate of drug-likeness (QED) is 0.639. The number of benzene rings is 2. The highest BCUT2D eigenvalue weighted by molar-refractivity contribution is 6.31. The lowest BCUT2D eigenvalue weighted by Gasteiger charge is -2.10. The van der Waals surface area contributed by atoms with Crippen LogP contribution in [-0.4, -0.2) is 15.8 Å². The highest BCUT2D eigenvalue weighted by atomic mass is 35.5. The molecule has 5 nitrogen and oxygen atoms in total. The first-order valence-electron chi connectivity index (χ1n) is 8.46. The van der Waals surface area contributed by atoms with Crippen molar-refractivity contribution in [3.63, 3.8) is 0 Å². The standard InChI is InChI=1S/C20H20ClFN4O/c1-12-5-4-6-17(9-12)23-20(27)24-19-13(2)25-26(14(19)3)11-15-7-8-16(22)10-18(15)21/h4-10H,11H2,1-3H3,(H2,23,24,27). The van der Waals surface area contributed by atoms with E-state index < -0.39 is 0 Å². The number of amides is 2. The highest BCUT2D eigenvalue weighted by Crippen LogP contribution is 2.23. The maximum Gasteiger partial charge on any atom is 0.323 e. The van der Waals surface area contributed by atoms with Crippen LogP contribution in [-0.2, 0) is 6.54 Å². The van der Waals surface area contributed by atoms with Crippen molar-refractivity contribution in [1.29, 1.82) is 0 Å². The molecule has 1 aromatic heterocycles. The van der Waals surface area contributed by atoms with E-state index in [1.54, 1.807) is 10.7 Å². The Hall–Kier alpha value is -2.86. The molecule has 3 rings (SSSR count). The van der Waals surface area contributed by atoms with E-state index in [0.29, 0.717) is 28.6 Å². The van der Waals surface area contributed by atoms with Gasteiger partial charge in [0.25, 0.3) is 0 Å². The van der Waals surface area contributed by atoms with Gasteiger partial charge < -0.3 is 10.6 Å². The maximum atomic E-state index is 13.2. The second-order valence-corrected chi connectivity index (χ2v) is 6.80. The molecule has 0 aliphatic carbocycles. The molecular formula is C20H20ClFN4O. The van der Waals surface area contributed by atoms with Crippen LogP contribution in [0.4, 0.5) is 20.6 Å². The third-order valence-corrected chi connectivity index (χ3v) is 4.58. The molecule has 3 aromatic rings. The van der Waals surface area contributed by atoms with E-state index in [1.807, 2.05) is 45.0 Å². The summed E-state index contributed by atoms with van der Waals surface area (Å²) in [6.45, 7) is 6.02. The van der Waals surface area contributed by atoms with Gasteiger partial charge in [0.1, 0.15) is 5.82 Å². The first-order valence-corrected chi connectivity index (χ1v) is 8.84. The number of carbonyl (C=O) groups excluding carboxylic acids is 1. The molecule has 140 valence electrons. The Kier molecular flexibility index (Phi) is 5.46. The second-order valence-electron chi connectivity index (χ2n) is 6.39. The summed E-state index contributed by atoms with van der Waals surface area (Å²) < 4.78 is 15.0. The van der Waals surface area contributed by atoms with Crippen LogP contribution in [0.5, 0.6) is 0 Å². The van der Waals surface area contributed by atoms with Crippen LogP contribution in [0.25, 0.3) is 0 Å². The van der Waals surface area contributed by atoms with Crippen LogP contribution in [0, 0.1) is 26.6 Å². The van der Waals surface area contributed by atoms with E-state index in [4.69, 9.17) is 11.6 Å². The molecule has 0 atom stereocenters. The lowest BCUT2D eigenvalue weighted by molar-refractivity contribution is 0.262. The number of aromatic nitrogens is 2. The number of urea groups is 1. The average Bonchev–Trinajstić information content (AvgIpc) is 2.85. The summed E-state index contributed by atoms with van der Waals surface area (Å²) in [5.74, 6) is -0.382. The Morgan fingerprint density at radius 3 is 2.63 bits per heavy atom. The van der Waals surface area contributed by atoms with Gasteiger partial charge in [-0.2, -0.15) is 5.10 Å². The van der Waals surface area contributed by atoms with E-state index in [1.165, 1.54) is 12.1 Å². The summed E-state index contributed by atoms with van der Waals surface area (Å²) in [6.07, 6.45) is 0. The van der Waals surface area contributed by atoms with Crippen LogP contribution in [0.3, 0.4) is 0 Å². The molecule has 2 amide bonds. The topological polar surface area (TPSA) is 59.0 Å². The van der Waals surface area contributed by atoms with Crippen LogP contribution >= 0.6 is 11.6 Å². The number of nitrogens with one attached hydrogen (secondary N) is 2. The average molecular weight is 387 g/mol. The first kappa shape index (κ1) is 18.9. The van der Waals surface area contributed by atoms with Gasteiger partial charge in [0.05, 0.1) is 23.6 Å². The molecule has 0 saturated carbocycles. The molecule has 0 bridgehead atoms. The van der Waals surface area contributed by atoms with Gasteiger partial charge in [0.15, 0.2) is 0 Å². The molecule has 0 unspecified atom stereocenters. The summed E-state index contributed by atoms with van der Waals surface area (Å²) >= 11 is 6.10. The molecule has 2 N–H and O–H groups in total. The number of halogens is 2. The SMILES string of the molecule is Cc1cccc(NC(=O)Nc2c(C)nn(Cc3ccc(F)cc3Cl)c2C)c1. The zero-order valence-corrected chi connectivity index (χ0v) is 16.1. The Labute approximate surface area is 162 Å². The molecule has 0 radical (unpaired) electrons. The van der Waals surface area contributed by atoms with Crippen molar-refractivity contribution in [2.45, 2.75) is 27.3 Å². The fraction of sp³-hybridized carbons (Fsp3) is 0.200. The van der Waals surface area contributed by atoms with E-state index in [-0.39, 0.29) is 11.8 Å². The maximum absolute atomic E-state index is 13.2. The largest absolute Gasteiger partial charge is 0.323 e. The number of aryl methyl sites for hydroxylation is 2. The van der Waals surface area contributed by atoms with Crippen LogP contribution in [0.2, 0.25) is 5.02 Å². The third kappa shape index (κ3) is 4.46. The van der Waals surface area contributed by atoms with E-state index in [9.17, 15) is 9.18 Å². The zero-order chi connectivity index (χ0) is 19.6. The number of carbonyl (C=O) groups is 1. The summed E-state index contributed by atoms with van der Waals surface area (Å²) in [5, 5.41) is 10.5. The second kappa shape index (κ2) is 7.80. The number of hydrogen-bond donors (Lipinski definition) is 2. The van der Waals surface area contributed by atoms with Gasteiger partial charge in [0, 0.05) is 10.7 Å². The molecule has 1 heterocycles. The summed E-state index contributed by atoms with van der Waals surface area (Å²) in [5.41, 5.74) is 4.63. The minimum absolute atomic E-state index is 0.342. The fourth-order valence-electron chi connectivity index (χ4n) is 2.84. The van der Waals surface area contributed by atoms with Gasteiger partial charge >= 0.3 is 6.03 Å². The van der Waals surface area contributed by atoms with Crippen molar-refractivity contribution in [3.8, 4) is 0 Å². The molecule has 0 saturated heterocycles. The van der Waals surface area contributed by atoms with Crippen molar-refractivity contribution in [2.75, 3.05) is 10.6 Å². The van der Waals surface area contributed by atoms with Gasteiger partial charge in [-0.1, -0.05) is 29.8 Å². The van der Waals surface area contributed by atoms with Crippen molar-refractivity contribution in [1.82, 2.24) is 9.78 Å². The Morgan fingerprint density at radius 1 is 1.15 bits per heavy atom. The predicted molar refractivity (Wildman–Crippen MR) is 106 cm³/mol. The van der Waals surface area contributed by atoms with Gasteiger partial charge in [0.2, 0.25) is 0 Å². The van der Waals surface area contributed by atoms with Crippen LogP contribution in [0.15, 0.2) is 42.5 Å². The van der Waals surface area contributed by atoms with Crippen LogP contribution in [0.1, 0.15) is 22.5 Å². The Balaban J connectivity index is 1.76. The van der Waals surface area contributed by atoms with Crippen molar-refractivity contribution >= 4 is 29.0 Å².